The Labute approximate surface area is 55.2 Å². The summed E-state index contributed by atoms with van der Waals surface area (Å²) in [5, 5.41) is 0. The maximum Gasteiger partial charge on any atom is 0.154 e. The standard InChI is InChI=1S/C7H12O2/c1-6(2,3)7(4-8)5-9-7/h4H,5H2,1-3H3. The quantitative estimate of drug-likeness (QED) is 0.389. The molecule has 1 fully saturated rings. The summed E-state index contributed by atoms with van der Waals surface area (Å²) in [6.45, 7) is 6.62. The second-order valence-electron chi connectivity index (χ2n) is 3.55. The third-order valence-electron chi connectivity index (χ3n) is 1.92. The molecule has 0 aromatic heterocycles. The number of carbonyl (C=O) groups is 1. The Kier molecular flexibility index (Phi) is 1.17. The van der Waals surface area contributed by atoms with Crippen LogP contribution < -0.4 is 0 Å². The number of ether oxygens (including phenoxy) is 1. The summed E-state index contributed by atoms with van der Waals surface area (Å²) in [6, 6.07) is 0. The Bertz CT molecular complexity index is 128. The lowest BCUT2D eigenvalue weighted by Crippen LogP contribution is -2.31. The van der Waals surface area contributed by atoms with Crippen molar-refractivity contribution in [1.29, 1.82) is 0 Å². The summed E-state index contributed by atoms with van der Waals surface area (Å²) in [5.74, 6) is 0. The van der Waals surface area contributed by atoms with Gasteiger partial charge in [-0.2, -0.15) is 0 Å². The van der Waals surface area contributed by atoms with Crippen molar-refractivity contribution in [2.24, 2.45) is 5.41 Å². The summed E-state index contributed by atoms with van der Waals surface area (Å²) in [4.78, 5) is 10.4. The van der Waals surface area contributed by atoms with Crippen LogP contribution in [0, 0.1) is 5.41 Å². The number of epoxide rings is 1. The van der Waals surface area contributed by atoms with Crippen molar-refractivity contribution in [3.05, 3.63) is 0 Å². The molecule has 52 valence electrons. The number of hydrogen-bond acceptors (Lipinski definition) is 2. The molecule has 0 aromatic rings. The van der Waals surface area contributed by atoms with Crippen molar-refractivity contribution in [1.82, 2.24) is 0 Å². The lowest BCUT2D eigenvalue weighted by molar-refractivity contribution is -0.115. The number of aldehydes is 1. The Morgan fingerprint density at radius 3 is 2.00 bits per heavy atom. The van der Waals surface area contributed by atoms with Gasteiger partial charge in [-0.1, -0.05) is 20.8 Å². The topological polar surface area (TPSA) is 29.6 Å². The highest BCUT2D eigenvalue weighted by Gasteiger charge is 2.54. The van der Waals surface area contributed by atoms with E-state index in [4.69, 9.17) is 4.74 Å². The molecule has 0 radical (unpaired) electrons. The average molecular weight is 128 g/mol. The predicted molar refractivity (Wildman–Crippen MR) is 34.2 cm³/mol. The largest absolute Gasteiger partial charge is 0.361 e. The van der Waals surface area contributed by atoms with Crippen LogP contribution in [0.1, 0.15) is 20.8 Å². The monoisotopic (exact) mass is 128 g/mol. The minimum Gasteiger partial charge on any atom is -0.361 e. The average Bonchev–Trinajstić information content (AvgIpc) is 2.40. The van der Waals surface area contributed by atoms with Gasteiger partial charge in [-0.3, -0.25) is 0 Å². The Morgan fingerprint density at radius 2 is 2.00 bits per heavy atom. The van der Waals surface area contributed by atoms with Crippen molar-refractivity contribution >= 4 is 6.29 Å². The second kappa shape index (κ2) is 1.57. The lowest BCUT2D eigenvalue weighted by Gasteiger charge is -2.21. The molecule has 0 N–H and O–H groups in total. The molecule has 0 spiro atoms. The summed E-state index contributed by atoms with van der Waals surface area (Å²) >= 11 is 0. The smallest absolute Gasteiger partial charge is 0.154 e. The molecule has 1 rings (SSSR count). The highest BCUT2D eigenvalue weighted by atomic mass is 16.6. The molecular formula is C7H12O2. The molecule has 1 heterocycles. The molecule has 1 saturated heterocycles. The Hall–Kier alpha value is -0.370. The fraction of sp³-hybridized carbons (Fsp3) is 0.857. The van der Waals surface area contributed by atoms with Crippen LogP contribution in [0.5, 0.6) is 0 Å². The van der Waals surface area contributed by atoms with Crippen molar-refractivity contribution < 1.29 is 9.53 Å². The first kappa shape index (κ1) is 6.75. The van der Waals surface area contributed by atoms with Gasteiger partial charge in [0, 0.05) is 5.41 Å². The maximum atomic E-state index is 10.4. The van der Waals surface area contributed by atoms with Crippen LogP contribution in [0.25, 0.3) is 0 Å². The number of rotatable bonds is 1. The molecule has 1 aliphatic heterocycles. The number of hydrogen-bond donors (Lipinski definition) is 0. The predicted octanol–water partition coefficient (Wildman–Crippen LogP) is 1.00. The molecule has 0 saturated carbocycles. The van der Waals surface area contributed by atoms with Gasteiger partial charge in [0.05, 0.1) is 6.61 Å². The first-order valence-corrected chi connectivity index (χ1v) is 3.12. The molecule has 2 heteroatoms. The fourth-order valence-corrected chi connectivity index (χ4v) is 0.756. The maximum absolute atomic E-state index is 10.4. The highest BCUT2D eigenvalue weighted by Crippen LogP contribution is 2.41. The minimum atomic E-state index is -0.451. The van der Waals surface area contributed by atoms with Gasteiger partial charge in [-0.15, -0.1) is 0 Å². The summed E-state index contributed by atoms with van der Waals surface area (Å²) in [5.41, 5.74) is -0.484. The number of carbonyl (C=O) groups excluding carboxylic acids is 1. The molecule has 1 aliphatic rings. The molecule has 1 unspecified atom stereocenters. The third kappa shape index (κ3) is 0.874. The van der Waals surface area contributed by atoms with E-state index in [1.807, 2.05) is 20.8 Å². The summed E-state index contributed by atoms with van der Waals surface area (Å²) in [7, 11) is 0. The van der Waals surface area contributed by atoms with Crippen LogP contribution >= 0.6 is 0 Å². The van der Waals surface area contributed by atoms with E-state index in [0.717, 1.165) is 6.29 Å². The molecule has 0 aliphatic carbocycles. The van der Waals surface area contributed by atoms with Crippen LogP contribution in [0.4, 0.5) is 0 Å². The van der Waals surface area contributed by atoms with E-state index >= 15 is 0 Å². The van der Waals surface area contributed by atoms with Gasteiger partial charge in [-0.05, 0) is 0 Å². The molecular weight excluding hydrogens is 116 g/mol. The fourth-order valence-electron chi connectivity index (χ4n) is 0.756. The van der Waals surface area contributed by atoms with Crippen LogP contribution in [-0.4, -0.2) is 18.5 Å². The molecule has 2 nitrogen and oxygen atoms in total. The van der Waals surface area contributed by atoms with Crippen LogP contribution in [-0.2, 0) is 9.53 Å². The zero-order valence-corrected chi connectivity index (χ0v) is 6.10. The van der Waals surface area contributed by atoms with Gasteiger partial charge in [0.25, 0.3) is 0 Å². The van der Waals surface area contributed by atoms with Crippen molar-refractivity contribution in [2.45, 2.75) is 26.4 Å². The SMILES string of the molecule is CC(C)(C)C1(C=O)CO1. The van der Waals surface area contributed by atoms with Crippen molar-refractivity contribution in [3.63, 3.8) is 0 Å². The molecule has 0 aromatic carbocycles. The molecule has 0 amide bonds. The first-order valence-electron chi connectivity index (χ1n) is 3.12. The second-order valence-corrected chi connectivity index (χ2v) is 3.55. The van der Waals surface area contributed by atoms with Crippen LogP contribution in [0.3, 0.4) is 0 Å². The van der Waals surface area contributed by atoms with E-state index < -0.39 is 5.60 Å². The summed E-state index contributed by atoms with van der Waals surface area (Å²) < 4.78 is 5.04. The van der Waals surface area contributed by atoms with E-state index in [1.54, 1.807) is 0 Å². The minimum absolute atomic E-state index is 0.0330. The van der Waals surface area contributed by atoms with E-state index in [1.165, 1.54) is 0 Å². The van der Waals surface area contributed by atoms with Crippen LogP contribution in [0.2, 0.25) is 0 Å². The first-order chi connectivity index (χ1) is 4.02. The van der Waals surface area contributed by atoms with E-state index in [2.05, 4.69) is 0 Å². The normalized spacial score (nSPS) is 34.1. The van der Waals surface area contributed by atoms with E-state index in [0.29, 0.717) is 6.61 Å². The van der Waals surface area contributed by atoms with Crippen molar-refractivity contribution in [3.8, 4) is 0 Å². The Morgan fingerprint density at radius 1 is 1.56 bits per heavy atom. The molecule has 9 heavy (non-hydrogen) atoms. The van der Waals surface area contributed by atoms with Crippen molar-refractivity contribution in [2.75, 3.05) is 6.61 Å². The molecule has 1 atom stereocenters. The van der Waals surface area contributed by atoms with Crippen LogP contribution in [0.15, 0.2) is 0 Å². The summed E-state index contributed by atoms with van der Waals surface area (Å²) in [6.07, 6.45) is 0.910. The zero-order chi connectivity index (χ0) is 7.12. The van der Waals surface area contributed by atoms with E-state index in [-0.39, 0.29) is 5.41 Å². The zero-order valence-electron chi connectivity index (χ0n) is 6.10. The van der Waals surface area contributed by atoms with Gasteiger partial charge in [-0.25, -0.2) is 0 Å². The third-order valence-corrected chi connectivity index (χ3v) is 1.92. The van der Waals surface area contributed by atoms with Gasteiger partial charge in [0.2, 0.25) is 0 Å². The van der Waals surface area contributed by atoms with Gasteiger partial charge in [0.15, 0.2) is 11.9 Å². The Balaban J connectivity index is 2.71. The molecule has 0 bridgehead atoms. The van der Waals surface area contributed by atoms with E-state index in [9.17, 15) is 4.79 Å². The van der Waals surface area contributed by atoms with Gasteiger partial charge < -0.3 is 9.53 Å². The van der Waals surface area contributed by atoms with Gasteiger partial charge in [0.1, 0.15) is 0 Å². The lowest BCUT2D eigenvalue weighted by atomic mass is 9.82. The highest BCUT2D eigenvalue weighted by molar-refractivity contribution is 5.67. The van der Waals surface area contributed by atoms with Gasteiger partial charge >= 0.3 is 0 Å².